The highest BCUT2D eigenvalue weighted by Crippen LogP contribution is 2.35. The van der Waals surface area contributed by atoms with Gasteiger partial charge in [0.1, 0.15) is 0 Å². The largest absolute Gasteiger partial charge is 0.379 e. The standard InChI is InChI=1S/C14H27NO3/c1-12(2)16-9-3-8-15-13-4-6-14(7-5-13)17-10-11-18-14/h12-13,15H,3-11H2,1-2H3. The van der Waals surface area contributed by atoms with E-state index in [2.05, 4.69) is 19.2 Å². The number of rotatable bonds is 6. The van der Waals surface area contributed by atoms with E-state index in [0.29, 0.717) is 12.1 Å². The van der Waals surface area contributed by atoms with E-state index in [1.165, 1.54) is 0 Å². The SMILES string of the molecule is CC(C)OCCCNC1CCC2(CC1)OCCO2. The molecule has 106 valence electrons. The average Bonchev–Trinajstić information content (AvgIpc) is 2.80. The summed E-state index contributed by atoms with van der Waals surface area (Å²) in [5.41, 5.74) is 0. The van der Waals surface area contributed by atoms with Crippen LogP contribution in [0.25, 0.3) is 0 Å². The second kappa shape index (κ2) is 6.85. The highest BCUT2D eigenvalue weighted by atomic mass is 16.7. The Morgan fingerprint density at radius 2 is 1.89 bits per heavy atom. The molecular weight excluding hydrogens is 230 g/mol. The fraction of sp³-hybridized carbons (Fsp3) is 1.00. The van der Waals surface area contributed by atoms with Crippen molar-refractivity contribution in [3.8, 4) is 0 Å². The molecule has 4 heteroatoms. The maximum absolute atomic E-state index is 5.73. The lowest BCUT2D eigenvalue weighted by atomic mass is 9.90. The van der Waals surface area contributed by atoms with E-state index < -0.39 is 0 Å². The molecule has 1 saturated carbocycles. The lowest BCUT2D eigenvalue weighted by Crippen LogP contribution is -2.42. The molecule has 1 N–H and O–H groups in total. The maximum atomic E-state index is 5.73. The van der Waals surface area contributed by atoms with Gasteiger partial charge in [0, 0.05) is 25.5 Å². The van der Waals surface area contributed by atoms with Gasteiger partial charge in [-0.15, -0.1) is 0 Å². The molecule has 0 unspecified atom stereocenters. The highest BCUT2D eigenvalue weighted by Gasteiger charge is 2.39. The van der Waals surface area contributed by atoms with Crippen molar-refractivity contribution in [3.63, 3.8) is 0 Å². The summed E-state index contributed by atoms with van der Waals surface area (Å²) in [5.74, 6) is -0.223. The minimum absolute atomic E-state index is 0.223. The van der Waals surface area contributed by atoms with Crippen molar-refractivity contribution in [2.75, 3.05) is 26.4 Å². The molecule has 0 atom stereocenters. The van der Waals surface area contributed by atoms with Gasteiger partial charge in [0.15, 0.2) is 5.79 Å². The quantitative estimate of drug-likeness (QED) is 0.740. The first-order chi connectivity index (χ1) is 8.70. The Morgan fingerprint density at radius 3 is 2.50 bits per heavy atom. The van der Waals surface area contributed by atoms with Gasteiger partial charge >= 0.3 is 0 Å². The minimum Gasteiger partial charge on any atom is -0.379 e. The van der Waals surface area contributed by atoms with E-state index in [9.17, 15) is 0 Å². The Kier molecular flexibility index (Phi) is 5.42. The predicted octanol–water partition coefficient (Wildman–Crippen LogP) is 2.08. The summed E-state index contributed by atoms with van der Waals surface area (Å²) in [6, 6.07) is 0.627. The van der Waals surface area contributed by atoms with Crippen molar-refractivity contribution in [1.29, 1.82) is 0 Å². The molecule has 18 heavy (non-hydrogen) atoms. The van der Waals surface area contributed by atoms with Crippen LogP contribution in [0.2, 0.25) is 0 Å². The van der Waals surface area contributed by atoms with Crippen LogP contribution in [0, 0.1) is 0 Å². The van der Waals surface area contributed by atoms with Gasteiger partial charge in [-0.1, -0.05) is 0 Å². The van der Waals surface area contributed by atoms with Gasteiger partial charge in [-0.3, -0.25) is 0 Å². The normalized spacial score (nSPS) is 24.2. The van der Waals surface area contributed by atoms with Gasteiger partial charge in [0.05, 0.1) is 19.3 Å². The Bertz CT molecular complexity index is 229. The molecule has 1 spiro atoms. The van der Waals surface area contributed by atoms with E-state index >= 15 is 0 Å². The molecule has 0 aromatic heterocycles. The number of hydrogen-bond acceptors (Lipinski definition) is 4. The molecule has 0 aromatic rings. The van der Waals surface area contributed by atoms with Crippen LogP contribution in [0.1, 0.15) is 46.0 Å². The molecule has 1 saturated heterocycles. The molecule has 2 rings (SSSR count). The molecule has 0 aromatic carbocycles. The van der Waals surface area contributed by atoms with E-state index in [-0.39, 0.29) is 5.79 Å². The summed E-state index contributed by atoms with van der Waals surface area (Å²) >= 11 is 0. The molecule has 2 fully saturated rings. The number of hydrogen-bond donors (Lipinski definition) is 1. The molecular formula is C14H27NO3. The zero-order chi connectivity index (χ0) is 12.8. The van der Waals surface area contributed by atoms with Crippen LogP contribution in [0.3, 0.4) is 0 Å². The molecule has 1 aliphatic heterocycles. The van der Waals surface area contributed by atoms with Gasteiger partial charge in [-0.05, 0) is 39.7 Å². The van der Waals surface area contributed by atoms with Crippen LogP contribution in [-0.2, 0) is 14.2 Å². The number of ether oxygens (including phenoxy) is 3. The smallest absolute Gasteiger partial charge is 0.168 e. The highest BCUT2D eigenvalue weighted by molar-refractivity contribution is 4.85. The Balaban J connectivity index is 1.54. The molecule has 0 bridgehead atoms. The molecule has 1 aliphatic carbocycles. The zero-order valence-corrected chi connectivity index (χ0v) is 11.7. The Hall–Kier alpha value is -0.160. The summed E-state index contributed by atoms with van der Waals surface area (Å²) in [6.07, 6.45) is 5.82. The third-order valence-corrected chi connectivity index (χ3v) is 3.77. The van der Waals surface area contributed by atoms with Crippen molar-refractivity contribution in [1.82, 2.24) is 5.32 Å². The molecule has 0 radical (unpaired) electrons. The van der Waals surface area contributed by atoms with Crippen molar-refractivity contribution in [2.24, 2.45) is 0 Å². The van der Waals surface area contributed by atoms with Crippen LogP contribution in [0.15, 0.2) is 0 Å². The van der Waals surface area contributed by atoms with E-state index in [1.807, 2.05) is 0 Å². The second-order valence-electron chi connectivity index (χ2n) is 5.61. The summed E-state index contributed by atoms with van der Waals surface area (Å²) in [6.45, 7) is 7.60. The van der Waals surface area contributed by atoms with Crippen LogP contribution in [0.5, 0.6) is 0 Å². The molecule has 1 heterocycles. The summed E-state index contributed by atoms with van der Waals surface area (Å²) < 4.78 is 17.0. The van der Waals surface area contributed by atoms with E-state index in [4.69, 9.17) is 14.2 Å². The van der Waals surface area contributed by atoms with Crippen molar-refractivity contribution in [3.05, 3.63) is 0 Å². The predicted molar refractivity (Wildman–Crippen MR) is 70.6 cm³/mol. The van der Waals surface area contributed by atoms with Gasteiger partial charge in [0.2, 0.25) is 0 Å². The van der Waals surface area contributed by atoms with Crippen molar-refractivity contribution in [2.45, 2.75) is 63.9 Å². The molecule has 2 aliphatic rings. The minimum atomic E-state index is -0.223. The Labute approximate surface area is 110 Å². The monoisotopic (exact) mass is 257 g/mol. The van der Waals surface area contributed by atoms with Crippen LogP contribution in [-0.4, -0.2) is 44.3 Å². The molecule has 0 amide bonds. The first kappa shape index (κ1) is 14.3. The van der Waals surface area contributed by atoms with Gasteiger partial charge < -0.3 is 19.5 Å². The van der Waals surface area contributed by atoms with Crippen LogP contribution in [0.4, 0.5) is 0 Å². The lowest BCUT2D eigenvalue weighted by Gasteiger charge is -2.35. The van der Waals surface area contributed by atoms with Crippen LogP contribution >= 0.6 is 0 Å². The fourth-order valence-electron chi connectivity index (χ4n) is 2.74. The fourth-order valence-corrected chi connectivity index (χ4v) is 2.74. The number of nitrogens with one attached hydrogen (secondary N) is 1. The van der Waals surface area contributed by atoms with Crippen molar-refractivity contribution >= 4 is 0 Å². The van der Waals surface area contributed by atoms with Crippen LogP contribution < -0.4 is 5.32 Å². The second-order valence-corrected chi connectivity index (χ2v) is 5.61. The third kappa shape index (κ3) is 4.19. The topological polar surface area (TPSA) is 39.7 Å². The first-order valence-corrected chi connectivity index (χ1v) is 7.33. The summed E-state index contributed by atoms with van der Waals surface area (Å²) in [5, 5.41) is 3.61. The summed E-state index contributed by atoms with van der Waals surface area (Å²) in [4.78, 5) is 0. The third-order valence-electron chi connectivity index (χ3n) is 3.77. The van der Waals surface area contributed by atoms with E-state index in [1.54, 1.807) is 0 Å². The first-order valence-electron chi connectivity index (χ1n) is 7.33. The van der Waals surface area contributed by atoms with Gasteiger partial charge in [-0.25, -0.2) is 0 Å². The van der Waals surface area contributed by atoms with Crippen molar-refractivity contribution < 1.29 is 14.2 Å². The van der Waals surface area contributed by atoms with Gasteiger partial charge in [0.25, 0.3) is 0 Å². The lowest BCUT2D eigenvalue weighted by molar-refractivity contribution is -0.179. The maximum Gasteiger partial charge on any atom is 0.168 e. The van der Waals surface area contributed by atoms with Gasteiger partial charge in [-0.2, -0.15) is 0 Å². The van der Waals surface area contributed by atoms with E-state index in [0.717, 1.165) is 58.5 Å². The Morgan fingerprint density at radius 1 is 1.22 bits per heavy atom. The average molecular weight is 257 g/mol. The molecule has 4 nitrogen and oxygen atoms in total. The zero-order valence-electron chi connectivity index (χ0n) is 11.7. The summed E-state index contributed by atoms with van der Waals surface area (Å²) in [7, 11) is 0.